The summed E-state index contributed by atoms with van der Waals surface area (Å²) in [4.78, 5) is 4.30. The van der Waals surface area contributed by atoms with Crippen LogP contribution in [0.5, 0.6) is 5.75 Å². The minimum atomic E-state index is 0.871. The number of fused-ring (bicyclic) bond motifs is 1. The predicted molar refractivity (Wildman–Crippen MR) is 62.5 cm³/mol. The van der Waals surface area contributed by atoms with Crippen molar-refractivity contribution >= 4 is 16.6 Å². The second-order valence-electron chi connectivity index (χ2n) is 3.28. The van der Waals surface area contributed by atoms with Gasteiger partial charge in [-0.2, -0.15) is 0 Å². The first-order valence-electron chi connectivity index (χ1n) is 5.01. The van der Waals surface area contributed by atoms with Crippen LogP contribution in [0.4, 0.5) is 5.82 Å². The van der Waals surface area contributed by atoms with Gasteiger partial charge in [0.1, 0.15) is 11.6 Å². The highest BCUT2D eigenvalue weighted by Gasteiger charge is 2.01. The molecule has 0 saturated heterocycles. The first-order valence-corrected chi connectivity index (χ1v) is 5.01. The number of benzene rings is 1. The van der Waals surface area contributed by atoms with E-state index in [1.54, 1.807) is 13.3 Å². The molecule has 0 saturated carbocycles. The lowest BCUT2D eigenvalue weighted by Crippen LogP contribution is -1.99. The van der Waals surface area contributed by atoms with Gasteiger partial charge in [0.25, 0.3) is 0 Å². The molecule has 0 bridgehead atoms. The highest BCUT2D eigenvalue weighted by molar-refractivity contribution is 5.92. The van der Waals surface area contributed by atoms with Crippen LogP contribution >= 0.6 is 0 Å². The third kappa shape index (κ3) is 1.86. The fourth-order valence-electron chi connectivity index (χ4n) is 1.59. The molecule has 1 heterocycles. The number of anilines is 1. The molecule has 0 spiro atoms. The van der Waals surface area contributed by atoms with Crippen LogP contribution in [-0.4, -0.2) is 18.6 Å². The van der Waals surface area contributed by atoms with Gasteiger partial charge in [-0.15, -0.1) is 0 Å². The van der Waals surface area contributed by atoms with Crippen molar-refractivity contribution < 1.29 is 4.74 Å². The molecule has 0 atom stereocenters. The largest absolute Gasteiger partial charge is 0.497 e. The Morgan fingerprint density at radius 2 is 2.20 bits per heavy atom. The molecule has 0 aliphatic rings. The fraction of sp³-hybridized carbons (Fsp3) is 0.250. The first kappa shape index (κ1) is 9.77. The van der Waals surface area contributed by atoms with E-state index in [-0.39, 0.29) is 0 Å². The number of nitrogens with one attached hydrogen (secondary N) is 1. The number of pyridine rings is 1. The van der Waals surface area contributed by atoms with Gasteiger partial charge in [0.2, 0.25) is 0 Å². The van der Waals surface area contributed by atoms with Gasteiger partial charge < -0.3 is 10.1 Å². The maximum absolute atomic E-state index is 5.18. The van der Waals surface area contributed by atoms with Crippen LogP contribution in [0.2, 0.25) is 0 Å². The normalized spacial score (nSPS) is 10.3. The van der Waals surface area contributed by atoms with Crippen LogP contribution in [0.15, 0.2) is 30.5 Å². The second kappa shape index (κ2) is 4.17. The van der Waals surface area contributed by atoms with E-state index in [4.69, 9.17) is 4.74 Å². The Hall–Kier alpha value is -1.77. The Morgan fingerprint density at radius 3 is 2.93 bits per heavy atom. The van der Waals surface area contributed by atoms with E-state index in [9.17, 15) is 0 Å². The van der Waals surface area contributed by atoms with Crippen molar-refractivity contribution in [2.24, 2.45) is 0 Å². The van der Waals surface area contributed by atoms with Gasteiger partial charge in [-0.05, 0) is 36.6 Å². The summed E-state index contributed by atoms with van der Waals surface area (Å²) < 4.78 is 5.18. The predicted octanol–water partition coefficient (Wildman–Crippen LogP) is 2.68. The molecule has 78 valence electrons. The molecule has 3 heteroatoms. The lowest BCUT2D eigenvalue weighted by molar-refractivity contribution is 0.415. The van der Waals surface area contributed by atoms with Crippen molar-refractivity contribution in [3.63, 3.8) is 0 Å². The van der Waals surface area contributed by atoms with Gasteiger partial charge in [-0.25, -0.2) is 4.98 Å². The third-order valence-corrected chi connectivity index (χ3v) is 2.32. The van der Waals surface area contributed by atoms with E-state index in [0.29, 0.717) is 0 Å². The van der Waals surface area contributed by atoms with Gasteiger partial charge in [0.05, 0.1) is 7.11 Å². The zero-order chi connectivity index (χ0) is 10.7. The van der Waals surface area contributed by atoms with Gasteiger partial charge >= 0.3 is 0 Å². The zero-order valence-corrected chi connectivity index (χ0v) is 8.95. The molecule has 0 amide bonds. The molecule has 0 radical (unpaired) electrons. The molecule has 2 aromatic rings. The SMILES string of the molecule is CCNc1nccc2cc(OC)ccc12. The van der Waals surface area contributed by atoms with Crippen molar-refractivity contribution in [2.75, 3.05) is 19.0 Å². The van der Waals surface area contributed by atoms with Crippen molar-refractivity contribution in [3.8, 4) is 5.75 Å². The summed E-state index contributed by atoms with van der Waals surface area (Å²) in [7, 11) is 1.67. The summed E-state index contributed by atoms with van der Waals surface area (Å²) in [5.41, 5.74) is 0. The highest BCUT2D eigenvalue weighted by Crippen LogP contribution is 2.24. The molecule has 1 aromatic carbocycles. The maximum atomic E-state index is 5.18. The third-order valence-electron chi connectivity index (χ3n) is 2.32. The molecule has 0 aliphatic carbocycles. The molecule has 0 fully saturated rings. The average Bonchev–Trinajstić information content (AvgIpc) is 2.29. The van der Waals surface area contributed by atoms with Crippen LogP contribution < -0.4 is 10.1 Å². The Kier molecular flexibility index (Phi) is 2.72. The van der Waals surface area contributed by atoms with Gasteiger partial charge in [-0.3, -0.25) is 0 Å². The minimum Gasteiger partial charge on any atom is -0.497 e. The summed E-state index contributed by atoms with van der Waals surface area (Å²) >= 11 is 0. The molecular weight excluding hydrogens is 188 g/mol. The van der Waals surface area contributed by atoms with E-state index < -0.39 is 0 Å². The molecule has 0 aliphatic heterocycles. The average molecular weight is 202 g/mol. The topological polar surface area (TPSA) is 34.2 Å². The van der Waals surface area contributed by atoms with E-state index >= 15 is 0 Å². The van der Waals surface area contributed by atoms with Crippen molar-refractivity contribution in [2.45, 2.75) is 6.92 Å². The summed E-state index contributed by atoms with van der Waals surface area (Å²) in [6.45, 7) is 2.93. The summed E-state index contributed by atoms with van der Waals surface area (Å²) in [6, 6.07) is 7.97. The van der Waals surface area contributed by atoms with Crippen molar-refractivity contribution in [1.29, 1.82) is 0 Å². The standard InChI is InChI=1S/C12H14N2O/c1-3-13-12-11-5-4-10(15-2)8-9(11)6-7-14-12/h4-8H,3H2,1-2H3,(H,13,14). The minimum absolute atomic E-state index is 0.871. The smallest absolute Gasteiger partial charge is 0.133 e. The number of hydrogen-bond acceptors (Lipinski definition) is 3. The molecule has 15 heavy (non-hydrogen) atoms. The number of methoxy groups -OCH3 is 1. The van der Waals surface area contributed by atoms with Crippen LogP contribution in [0.3, 0.4) is 0 Å². The van der Waals surface area contributed by atoms with Crippen LogP contribution in [0.25, 0.3) is 10.8 Å². The summed E-state index contributed by atoms with van der Waals surface area (Å²) in [5.74, 6) is 1.80. The van der Waals surface area contributed by atoms with E-state index in [2.05, 4.69) is 17.2 Å². The second-order valence-corrected chi connectivity index (χ2v) is 3.28. The molecule has 2 rings (SSSR count). The summed E-state index contributed by atoms with van der Waals surface area (Å²) in [5, 5.41) is 5.50. The van der Waals surface area contributed by atoms with E-state index in [0.717, 1.165) is 28.9 Å². The lowest BCUT2D eigenvalue weighted by Gasteiger charge is -2.07. The van der Waals surface area contributed by atoms with Gasteiger partial charge in [0.15, 0.2) is 0 Å². The highest BCUT2D eigenvalue weighted by atomic mass is 16.5. The van der Waals surface area contributed by atoms with Crippen LogP contribution in [0.1, 0.15) is 6.92 Å². The number of nitrogens with zero attached hydrogens (tertiary/aromatic N) is 1. The molecule has 0 unspecified atom stereocenters. The van der Waals surface area contributed by atoms with Gasteiger partial charge in [-0.1, -0.05) is 0 Å². The maximum Gasteiger partial charge on any atom is 0.133 e. The monoisotopic (exact) mass is 202 g/mol. The van der Waals surface area contributed by atoms with Crippen molar-refractivity contribution in [1.82, 2.24) is 4.98 Å². The van der Waals surface area contributed by atoms with E-state index in [1.807, 2.05) is 24.3 Å². The zero-order valence-electron chi connectivity index (χ0n) is 8.95. The number of hydrogen-bond donors (Lipinski definition) is 1. The van der Waals surface area contributed by atoms with Crippen molar-refractivity contribution in [3.05, 3.63) is 30.5 Å². The molecule has 3 nitrogen and oxygen atoms in total. The summed E-state index contributed by atoms with van der Waals surface area (Å²) in [6.07, 6.45) is 1.81. The van der Waals surface area contributed by atoms with Gasteiger partial charge in [0, 0.05) is 18.1 Å². The van der Waals surface area contributed by atoms with Crippen LogP contribution in [-0.2, 0) is 0 Å². The van der Waals surface area contributed by atoms with Crippen LogP contribution in [0, 0.1) is 0 Å². The molecule has 1 N–H and O–H groups in total. The first-order chi connectivity index (χ1) is 7.35. The lowest BCUT2D eigenvalue weighted by atomic mass is 10.1. The fourth-order valence-corrected chi connectivity index (χ4v) is 1.59. The Morgan fingerprint density at radius 1 is 1.33 bits per heavy atom. The Balaban J connectivity index is 2.56. The molecular formula is C12H14N2O. The quantitative estimate of drug-likeness (QED) is 0.830. The Labute approximate surface area is 89.1 Å². The van der Waals surface area contributed by atoms with E-state index in [1.165, 1.54) is 0 Å². The number of ether oxygens (including phenoxy) is 1. The molecule has 1 aromatic heterocycles. The number of rotatable bonds is 3. The Bertz CT molecular complexity index is 468. The number of aromatic nitrogens is 1.